The van der Waals surface area contributed by atoms with E-state index in [0.717, 1.165) is 11.3 Å². The lowest BCUT2D eigenvalue weighted by molar-refractivity contribution is 0.564. The number of nitrogens with one attached hydrogen (secondary N) is 1. The molecule has 1 aromatic rings. The molecular formula is C12H19NO. The molecule has 0 unspecified atom stereocenters. The summed E-state index contributed by atoms with van der Waals surface area (Å²) in [4.78, 5) is 14.3. The summed E-state index contributed by atoms with van der Waals surface area (Å²) in [6.45, 7) is 10.5. The van der Waals surface area contributed by atoms with Gasteiger partial charge in [0.25, 0.3) is 0 Å². The predicted molar refractivity (Wildman–Crippen MR) is 59.9 cm³/mol. The highest BCUT2D eigenvalue weighted by molar-refractivity contribution is 5.23. The molecule has 0 bridgehead atoms. The first-order valence-corrected chi connectivity index (χ1v) is 5.05. The highest BCUT2D eigenvalue weighted by atomic mass is 16.1. The molecule has 0 aromatic carbocycles. The topological polar surface area (TPSA) is 32.9 Å². The Kier molecular flexibility index (Phi) is 2.84. The van der Waals surface area contributed by atoms with E-state index in [1.54, 1.807) is 6.07 Å². The summed E-state index contributed by atoms with van der Waals surface area (Å²) in [6.07, 6.45) is 0. The number of hydrogen-bond donors (Lipinski definition) is 1. The van der Waals surface area contributed by atoms with Crippen molar-refractivity contribution in [2.45, 2.75) is 46.0 Å². The second-order valence-electron chi connectivity index (χ2n) is 5.10. The third-order valence-electron chi connectivity index (χ3n) is 2.34. The van der Waals surface area contributed by atoms with Crippen LogP contribution in [0.1, 0.15) is 51.8 Å². The van der Waals surface area contributed by atoms with Gasteiger partial charge in [-0.25, -0.2) is 0 Å². The van der Waals surface area contributed by atoms with Crippen LogP contribution in [0.4, 0.5) is 0 Å². The zero-order valence-electron chi connectivity index (χ0n) is 9.64. The summed E-state index contributed by atoms with van der Waals surface area (Å²) in [5, 5.41) is 0. The highest BCUT2D eigenvalue weighted by Crippen LogP contribution is 2.22. The minimum Gasteiger partial charge on any atom is -0.326 e. The van der Waals surface area contributed by atoms with E-state index in [1.807, 2.05) is 0 Å². The SMILES string of the molecule is CC(C)c1cc(C(C)(C)C)[nH]c(=O)c1. The Morgan fingerprint density at radius 2 is 1.79 bits per heavy atom. The minimum atomic E-state index is 0.00104. The van der Waals surface area contributed by atoms with E-state index in [0.29, 0.717) is 5.92 Å². The van der Waals surface area contributed by atoms with Gasteiger partial charge in [0, 0.05) is 17.2 Å². The number of pyridine rings is 1. The van der Waals surface area contributed by atoms with Crippen LogP contribution in [0.25, 0.3) is 0 Å². The Bertz CT molecular complexity index is 369. The van der Waals surface area contributed by atoms with Crippen LogP contribution < -0.4 is 5.56 Å². The summed E-state index contributed by atoms with van der Waals surface area (Å²) in [7, 11) is 0. The van der Waals surface area contributed by atoms with Crippen LogP contribution >= 0.6 is 0 Å². The molecule has 1 heterocycles. The van der Waals surface area contributed by atoms with Crippen molar-refractivity contribution in [3.05, 3.63) is 33.7 Å². The fourth-order valence-electron chi connectivity index (χ4n) is 1.30. The lowest BCUT2D eigenvalue weighted by Gasteiger charge is -2.19. The molecule has 0 spiro atoms. The number of H-pyrrole nitrogens is 1. The first-order chi connectivity index (χ1) is 6.30. The van der Waals surface area contributed by atoms with Gasteiger partial charge in [0.15, 0.2) is 0 Å². The van der Waals surface area contributed by atoms with E-state index >= 15 is 0 Å². The monoisotopic (exact) mass is 193 g/mol. The van der Waals surface area contributed by atoms with Crippen LogP contribution in [-0.2, 0) is 5.41 Å². The second-order valence-corrected chi connectivity index (χ2v) is 5.10. The molecule has 0 fully saturated rings. The molecule has 0 aliphatic heterocycles. The van der Waals surface area contributed by atoms with Crippen molar-refractivity contribution in [3.8, 4) is 0 Å². The third-order valence-corrected chi connectivity index (χ3v) is 2.34. The van der Waals surface area contributed by atoms with Gasteiger partial charge < -0.3 is 4.98 Å². The van der Waals surface area contributed by atoms with Gasteiger partial charge in [0.1, 0.15) is 0 Å². The molecular weight excluding hydrogens is 174 g/mol. The average Bonchev–Trinajstić information content (AvgIpc) is 2.01. The van der Waals surface area contributed by atoms with Crippen LogP contribution in [0.2, 0.25) is 0 Å². The fourth-order valence-corrected chi connectivity index (χ4v) is 1.30. The normalized spacial score (nSPS) is 12.1. The number of hydrogen-bond acceptors (Lipinski definition) is 1. The van der Waals surface area contributed by atoms with Crippen molar-refractivity contribution in [1.29, 1.82) is 0 Å². The van der Waals surface area contributed by atoms with Crippen LogP contribution in [0.5, 0.6) is 0 Å². The van der Waals surface area contributed by atoms with Gasteiger partial charge in [-0.1, -0.05) is 34.6 Å². The lowest BCUT2D eigenvalue weighted by atomic mass is 9.89. The smallest absolute Gasteiger partial charge is 0.248 e. The molecule has 1 N–H and O–H groups in total. The Labute approximate surface area is 85.4 Å². The van der Waals surface area contributed by atoms with E-state index in [1.165, 1.54) is 0 Å². The van der Waals surface area contributed by atoms with E-state index in [4.69, 9.17) is 0 Å². The quantitative estimate of drug-likeness (QED) is 0.731. The van der Waals surface area contributed by atoms with Gasteiger partial charge in [0.2, 0.25) is 5.56 Å². The van der Waals surface area contributed by atoms with Gasteiger partial charge in [-0.15, -0.1) is 0 Å². The number of aromatic amines is 1. The molecule has 0 saturated carbocycles. The minimum absolute atomic E-state index is 0.00104. The Morgan fingerprint density at radius 3 is 2.21 bits per heavy atom. The molecule has 1 aromatic heterocycles. The van der Waals surface area contributed by atoms with Gasteiger partial charge in [-0.05, 0) is 17.5 Å². The van der Waals surface area contributed by atoms with Crippen LogP contribution in [0.15, 0.2) is 16.9 Å². The summed E-state index contributed by atoms with van der Waals surface area (Å²) in [6, 6.07) is 3.77. The van der Waals surface area contributed by atoms with Gasteiger partial charge >= 0.3 is 0 Å². The standard InChI is InChI=1S/C12H19NO/c1-8(2)9-6-10(12(3,4)5)13-11(14)7-9/h6-8H,1-5H3,(H,13,14). The Hall–Kier alpha value is -1.05. The molecule has 0 radical (unpaired) electrons. The van der Waals surface area contributed by atoms with Crippen molar-refractivity contribution in [2.24, 2.45) is 0 Å². The molecule has 0 aliphatic carbocycles. The summed E-state index contributed by atoms with van der Waals surface area (Å²) in [5.41, 5.74) is 2.12. The van der Waals surface area contributed by atoms with Crippen molar-refractivity contribution in [2.75, 3.05) is 0 Å². The first-order valence-electron chi connectivity index (χ1n) is 5.05. The Morgan fingerprint density at radius 1 is 1.21 bits per heavy atom. The zero-order chi connectivity index (χ0) is 10.9. The molecule has 0 saturated heterocycles. The van der Waals surface area contributed by atoms with E-state index in [-0.39, 0.29) is 11.0 Å². The Balaban J connectivity index is 3.28. The third kappa shape index (κ3) is 2.47. The predicted octanol–water partition coefficient (Wildman–Crippen LogP) is 2.80. The number of rotatable bonds is 1. The van der Waals surface area contributed by atoms with Crippen LogP contribution in [-0.4, -0.2) is 4.98 Å². The first kappa shape index (κ1) is 11.0. The fraction of sp³-hybridized carbons (Fsp3) is 0.583. The molecule has 0 amide bonds. The summed E-state index contributed by atoms with van der Waals surface area (Å²) < 4.78 is 0. The summed E-state index contributed by atoms with van der Waals surface area (Å²) >= 11 is 0. The van der Waals surface area contributed by atoms with E-state index in [9.17, 15) is 4.79 Å². The van der Waals surface area contributed by atoms with Crippen LogP contribution in [0, 0.1) is 0 Å². The van der Waals surface area contributed by atoms with Crippen molar-refractivity contribution >= 4 is 0 Å². The maximum atomic E-state index is 11.4. The molecule has 14 heavy (non-hydrogen) atoms. The van der Waals surface area contributed by atoms with Gasteiger partial charge in [0.05, 0.1) is 0 Å². The zero-order valence-corrected chi connectivity index (χ0v) is 9.64. The highest BCUT2D eigenvalue weighted by Gasteiger charge is 2.16. The molecule has 0 atom stereocenters. The second kappa shape index (κ2) is 3.60. The molecule has 78 valence electrons. The van der Waals surface area contributed by atoms with Crippen molar-refractivity contribution < 1.29 is 0 Å². The summed E-state index contributed by atoms with van der Waals surface area (Å²) in [5.74, 6) is 0.401. The largest absolute Gasteiger partial charge is 0.326 e. The molecule has 1 rings (SSSR count). The average molecular weight is 193 g/mol. The van der Waals surface area contributed by atoms with Crippen molar-refractivity contribution in [3.63, 3.8) is 0 Å². The lowest BCUT2D eigenvalue weighted by Crippen LogP contribution is -2.20. The molecule has 0 aliphatic rings. The van der Waals surface area contributed by atoms with Crippen molar-refractivity contribution in [1.82, 2.24) is 4.98 Å². The van der Waals surface area contributed by atoms with E-state index in [2.05, 4.69) is 45.7 Å². The van der Waals surface area contributed by atoms with Gasteiger partial charge in [-0.2, -0.15) is 0 Å². The number of aromatic nitrogens is 1. The van der Waals surface area contributed by atoms with E-state index < -0.39 is 0 Å². The maximum Gasteiger partial charge on any atom is 0.248 e. The van der Waals surface area contributed by atoms with Crippen LogP contribution in [0.3, 0.4) is 0 Å². The molecule has 2 nitrogen and oxygen atoms in total. The molecule has 2 heteroatoms. The maximum absolute atomic E-state index is 11.4. The van der Waals surface area contributed by atoms with Gasteiger partial charge in [-0.3, -0.25) is 4.79 Å².